The maximum absolute atomic E-state index is 10.4. The van der Waals surface area contributed by atoms with Gasteiger partial charge < -0.3 is 14.6 Å². The Morgan fingerprint density at radius 3 is 2.38 bits per heavy atom. The number of hydrogen-bond donors (Lipinski definition) is 1. The minimum absolute atomic E-state index is 0.525. The molecule has 0 fully saturated rings. The smallest absolute Gasteiger partial charge is 0.137 e. The van der Waals surface area contributed by atoms with Crippen molar-refractivity contribution in [1.29, 1.82) is 0 Å². The van der Waals surface area contributed by atoms with Crippen LogP contribution in [0.2, 0.25) is 5.02 Å². The molecule has 0 saturated heterocycles. The van der Waals surface area contributed by atoms with Gasteiger partial charge in [-0.05, 0) is 41.8 Å². The molecule has 0 heterocycles. The van der Waals surface area contributed by atoms with Crippen LogP contribution < -0.4 is 9.47 Å². The normalized spacial score (nSPS) is 12.0. The van der Waals surface area contributed by atoms with Crippen LogP contribution in [0, 0.1) is 0 Å². The highest BCUT2D eigenvalue weighted by atomic mass is 35.5. The predicted molar refractivity (Wildman–Crippen MR) is 84.3 cm³/mol. The molecular formula is C17H19ClO3. The zero-order valence-electron chi connectivity index (χ0n) is 12.2. The Morgan fingerprint density at radius 2 is 1.76 bits per heavy atom. The number of aliphatic hydroxyl groups is 1. The molecule has 0 saturated carbocycles. The summed E-state index contributed by atoms with van der Waals surface area (Å²) in [6.07, 6.45) is 0.242. The first-order valence-electron chi connectivity index (χ1n) is 6.90. The van der Waals surface area contributed by atoms with E-state index in [9.17, 15) is 5.11 Å². The Labute approximate surface area is 130 Å². The predicted octanol–water partition coefficient (Wildman–Crippen LogP) is 4.22. The minimum atomic E-state index is -0.726. The summed E-state index contributed by atoms with van der Waals surface area (Å²) < 4.78 is 10.7. The zero-order valence-corrected chi connectivity index (χ0v) is 12.9. The van der Waals surface area contributed by atoms with Gasteiger partial charge in [0.05, 0.1) is 18.7 Å². The maximum atomic E-state index is 10.4. The molecule has 0 aromatic heterocycles. The summed E-state index contributed by atoms with van der Waals surface area (Å²) in [7, 11) is 1.55. The summed E-state index contributed by atoms with van der Waals surface area (Å²) in [5.74, 6) is 1.36. The van der Waals surface area contributed by atoms with Crippen LogP contribution in [0.1, 0.15) is 30.6 Å². The zero-order chi connectivity index (χ0) is 15.2. The molecule has 0 aliphatic heterocycles. The van der Waals surface area contributed by atoms with Gasteiger partial charge in [0.25, 0.3) is 0 Å². The van der Waals surface area contributed by atoms with Gasteiger partial charge in [0.15, 0.2) is 0 Å². The molecule has 1 N–H and O–H groups in total. The molecule has 2 aromatic rings. The van der Waals surface area contributed by atoms with E-state index in [1.54, 1.807) is 25.3 Å². The molecule has 0 bridgehead atoms. The lowest BCUT2D eigenvalue weighted by Crippen LogP contribution is -2.01. The van der Waals surface area contributed by atoms with Gasteiger partial charge in [0, 0.05) is 0 Å². The van der Waals surface area contributed by atoms with Crippen LogP contribution in [0.5, 0.6) is 11.5 Å². The quantitative estimate of drug-likeness (QED) is 0.868. The van der Waals surface area contributed by atoms with E-state index in [4.69, 9.17) is 21.1 Å². The maximum Gasteiger partial charge on any atom is 0.137 e. The van der Waals surface area contributed by atoms with E-state index >= 15 is 0 Å². The average Bonchev–Trinajstić information content (AvgIpc) is 2.53. The SMILES string of the molecule is CCCOc1ccc(C(O)c2ccc(Cl)c(OC)c2)cc1. The molecule has 0 spiro atoms. The van der Waals surface area contributed by atoms with Crippen molar-refractivity contribution in [1.82, 2.24) is 0 Å². The standard InChI is InChI=1S/C17H19ClO3/c1-3-10-21-14-7-4-12(5-8-14)17(19)13-6-9-15(18)16(11-13)20-2/h4-9,11,17,19H,3,10H2,1-2H3. The van der Waals surface area contributed by atoms with Crippen molar-refractivity contribution >= 4 is 11.6 Å². The van der Waals surface area contributed by atoms with Crippen molar-refractivity contribution in [2.75, 3.05) is 13.7 Å². The van der Waals surface area contributed by atoms with Crippen LogP contribution in [0.3, 0.4) is 0 Å². The Bertz CT molecular complexity index is 581. The number of aliphatic hydroxyl groups excluding tert-OH is 1. The van der Waals surface area contributed by atoms with E-state index in [0.717, 1.165) is 23.3 Å². The van der Waals surface area contributed by atoms with Gasteiger partial charge in [0.1, 0.15) is 17.6 Å². The highest BCUT2D eigenvalue weighted by molar-refractivity contribution is 6.32. The van der Waals surface area contributed by atoms with E-state index in [1.165, 1.54) is 0 Å². The monoisotopic (exact) mass is 306 g/mol. The molecule has 0 aliphatic rings. The highest BCUT2D eigenvalue weighted by Crippen LogP contribution is 2.31. The fourth-order valence-electron chi connectivity index (χ4n) is 2.01. The summed E-state index contributed by atoms with van der Waals surface area (Å²) in [4.78, 5) is 0. The van der Waals surface area contributed by atoms with Gasteiger partial charge in [-0.3, -0.25) is 0 Å². The molecule has 1 atom stereocenters. The molecular weight excluding hydrogens is 288 g/mol. The van der Waals surface area contributed by atoms with Crippen molar-refractivity contribution < 1.29 is 14.6 Å². The van der Waals surface area contributed by atoms with Gasteiger partial charge in [-0.25, -0.2) is 0 Å². The third-order valence-electron chi connectivity index (χ3n) is 3.16. The summed E-state index contributed by atoms with van der Waals surface area (Å²) >= 11 is 5.99. The van der Waals surface area contributed by atoms with Gasteiger partial charge in [0.2, 0.25) is 0 Å². The van der Waals surface area contributed by atoms with Crippen molar-refractivity contribution in [2.24, 2.45) is 0 Å². The molecule has 0 aliphatic carbocycles. The average molecular weight is 307 g/mol. The van der Waals surface area contributed by atoms with E-state index in [1.807, 2.05) is 24.3 Å². The van der Waals surface area contributed by atoms with Crippen LogP contribution in [-0.2, 0) is 0 Å². The van der Waals surface area contributed by atoms with Crippen LogP contribution in [0.15, 0.2) is 42.5 Å². The van der Waals surface area contributed by atoms with Gasteiger partial charge >= 0.3 is 0 Å². The Kier molecular flexibility index (Phi) is 5.48. The van der Waals surface area contributed by atoms with Crippen molar-refractivity contribution in [2.45, 2.75) is 19.4 Å². The number of benzene rings is 2. The van der Waals surface area contributed by atoms with Crippen molar-refractivity contribution in [3.8, 4) is 11.5 Å². The Balaban J connectivity index is 2.17. The third kappa shape index (κ3) is 3.90. The molecule has 21 heavy (non-hydrogen) atoms. The van der Waals surface area contributed by atoms with Crippen molar-refractivity contribution in [3.63, 3.8) is 0 Å². The summed E-state index contributed by atoms with van der Waals surface area (Å²) in [6, 6.07) is 12.7. The number of rotatable bonds is 6. The second-order valence-corrected chi connectivity index (χ2v) is 5.12. The van der Waals surface area contributed by atoms with Crippen LogP contribution in [0.25, 0.3) is 0 Å². The van der Waals surface area contributed by atoms with Crippen LogP contribution in [0.4, 0.5) is 0 Å². The summed E-state index contributed by atoms with van der Waals surface area (Å²) in [6.45, 7) is 2.75. The largest absolute Gasteiger partial charge is 0.495 e. The molecule has 112 valence electrons. The highest BCUT2D eigenvalue weighted by Gasteiger charge is 2.13. The lowest BCUT2D eigenvalue weighted by atomic mass is 10.0. The fourth-order valence-corrected chi connectivity index (χ4v) is 2.20. The summed E-state index contributed by atoms with van der Waals surface area (Å²) in [5.41, 5.74) is 1.53. The first-order chi connectivity index (χ1) is 10.2. The second kappa shape index (κ2) is 7.34. The Morgan fingerprint density at radius 1 is 1.10 bits per heavy atom. The second-order valence-electron chi connectivity index (χ2n) is 4.71. The van der Waals surface area contributed by atoms with Gasteiger partial charge in [-0.2, -0.15) is 0 Å². The van der Waals surface area contributed by atoms with E-state index in [2.05, 4.69) is 6.92 Å². The summed E-state index contributed by atoms with van der Waals surface area (Å²) in [5, 5.41) is 11.0. The van der Waals surface area contributed by atoms with Crippen LogP contribution in [-0.4, -0.2) is 18.8 Å². The number of ether oxygens (including phenoxy) is 2. The molecule has 3 nitrogen and oxygen atoms in total. The van der Waals surface area contributed by atoms with E-state index < -0.39 is 6.10 Å². The molecule has 2 rings (SSSR count). The van der Waals surface area contributed by atoms with E-state index in [-0.39, 0.29) is 0 Å². The number of halogens is 1. The topological polar surface area (TPSA) is 38.7 Å². The molecule has 1 unspecified atom stereocenters. The first kappa shape index (κ1) is 15.7. The fraction of sp³-hybridized carbons (Fsp3) is 0.294. The van der Waals surface area contributed by atoms with Crippen LogP contribution >= 0.6 is 11.6 Å². The minimum Gasteiger partial charge on any atom is -0.495 e. The van der Waals surface area contributed by atoms with Gasteiger partial charge in [-0.15, -0.1) is 0 Å². The third-order valence-corrected chi connectivity index (χ3v) is 3.47. The lowest BCUT2D eigenvalue weighted by molar-refractivity contribution is 0.219. The lowest BCUT2D eigenvalue weighted by Gasteiger charge is -2.14. The van der Waals surface area contributed by atoms with Gasteiger partial charge in [-0.1, -0.05) is 36.7 Å². The molecule has 0 amide bonds. The molecule has 2 aromatic carbocycles. The number of methoxy groups -OCH3 is 1. The first-order valence-corrected chi connectivity index (χ1v) is 7.27. The molecule has 4 heteroatoms. The Hall–Kier alpha value is -1.71. The number of hydrogen-bond acceptors (Lipinski definition) is 3. The van der Waals surface area contributed by atoms with E-state index in [0.29, 0.717) is 17.4 Å². The molecule has 0 radical (unpaired) electrons. The van der Waals surface area contributed by atoms with Crippen molar-refractivity contribution in [3.05, 3.63) is 58.6 Å².